The monoisotopic (exact) mass is 303 g/mol. The molecule has 1 aliphatic rings. The number of hydrogen-bond donors (Lipinski definition) is 0. The van der Waals surface area contributed by atoms with Gasteiger partial charge in [0, 0.05) is 25.4 Å². The topological polar surface area (TPSA) is 46.6 Å². The Kier molecular flexibility index (Phi) is 5.22. The van der Waals surface area contributed by atoms with Crippen molar-refractivity contribution in [2.45, 2.75) is 45.6 Å². The first kappa shape index (κ1) is 16.5. The van der Waals surface area contributed by atoms with Crippen molar-refractivity contribution in [3.8, 4) is 0 Å². The molecule has 1 aromatic rings. The molecule has 0 radical (unpaired) electrons. The van der Waals surface area contributed by atoms with Gasteiger partial charge in [-0.05, 0) is 39.2 Å². The smallest absolute Gasteiger partial charge is 0.410 e. The molecule has 1 atom stereocenters. The van der Waals surface area contributed by atoms with E-state index in [0.29, 0.717) is 19.5 Å². The Hall–Kier alpha value is -1.84. The third-order valence-corrected chi connectivity index (χ3v) is 3.75. The van der Waals surface area contributed by atoms with Crippen molar-refractivity contribution in [2.75, 3.05) is 13.1 Å². The number of hydrogen-bond acceptors (Lipinski definition) is 3. The van der Waals surface area contributed by atoms with Crippen LogP contribution >= 0.6 is 0 Å². The van der Waals surface area contributed by atoms with Gasteiger partial charge >= 0.3 is 6.09 Å². The molecule has 4 nitrogen and oxygen atoms in total. The molecule has 0 bridgehead atoms. The van der Waals surface area contributed by atoms with Crippen molar-refractivity contribution in [1.82, 2.24) is 4.90 Å². The molecule has 0 spiro atoms. The Morgan fingerprint density at radius 3 is 2.55 bits per heavy atom. The molecule has 0 saturated carbocycles. The van der Waals surface area contributed by atoms with Gasteiger partial charge in [0.1, 0.15) is 11.4 Å². The van der Waals surface area contributed by atoms with Crippen LogP contribution in [0.3, 0.4) is 0 Å². The van der Waals surface area contributed by atoms with Crippen LogP contribution in [-0.2, 0) is 16.0 Å². The second kappa shape index (κ2) is 6.95. The second-order valence-corrected chi connectivity index (χ2v) is 6.89. The number of carbonyl (C=O) groups excluding carboxylic acids is 2. The SMILES string of the molecule is CC(C)(C)OC(=O)N1CCC[C@@H](C(=O)Cc2ccccc2)C1. The lowest BCUT2D eigenvalue weighted by molar-refractivity contribution is -0.123. The first-order valence-corrected chi connectivity index (χ1v) is 7.90. The summed E-state index contributed by atoms with van der Waals surface area (Å²) in [5.74, 6) is 0.126. The Bertz CT molecular complexity index is 519. The highest BCUT2D eigenvalue weighted by Crippen LogP contribution is 2.21. The van der Waals surface area contributed by atoms with Crippen LogP contribution in [0.15, 0.2) is 30.3 Å². The van der Waals surface area contributed by atoms with Crippen LogP contribution in [0, 0.1) is 5.92 Å². The zero-order chi connectivity index (χ0) is 16.2. The summed E-state index contributed by atoms with van der Waals surface area (Å²) in [6.07, 6.45) is 1.83. The molecular formula is C18H25NO3. The van der Waals surface area contributed by atoms with Crippen LogP contribution in [0.1, 0.15) is 39.2 Å². The molecule has 0 aromatic heterocycles. The summed E-state index contributed by atoms with van der Waals surface area (Å²) in [5.41, 5.74) is 0.528. The fourth-order valence-electron chi connectivity index (χ4n) is 2.67. The number of likely N-dealkylation sites (tertiary alicyclic amines) is 1. The van der Waals surface area contributed by atoms with E-state index in [9.17, 15) is 9.59 Å². The fraction of sp³-hybridized carbons (Fsp3) is 0.556. The fourth-order valence-corrected chi connectivity index (χ4v) is 2.67. The van der Waals surface area contributed by atoms with Gasteiger partial charge in [-0.25, -0.2) is 4.79 Å². The van der Waals surface area contributed by atoms with Crippen molar-refractivity contribution >= 4 is 11.9 Å². The maximum atomic E-state index is 12.4. The van der Waals surface area contributed by atoms with Crippen molar-refractivity contribution in [3.05, 3.63) is 35.9 Å². The lowest BCUT2D eigenvalue weighted by atomic mass is 9.90. The third-order valence-electron chi connectivity index (χ3n) is 3.75. The summed E-state index contributed by atoms with van der Waals surface area (Å²) in [7, 11) is 0. The maximum Gasteiger partial charge on any atom is 0.410 e. The van der Waals surface area contributed by atoms with Crippen molar-refractivity contribution in [3.63, 3.8) is 0 Å². The minimum Gasteiger partial charge on any atom is -0.444 e. The molecule has 120 valence electrons. The van der Waals surface area contributed by atoms with Gasteiger partial charge < -0.3 is 9.64 Å². The standard InChI is InChI=1S/C18H25NO3/c1-18(2,3)22-17(21)19-11-7-10-15(13-19)16(20)12-14-8-5-4-6-9-14/h4-6,8-9,15H,7,10-13H2,1-3H3/t15-/m1/s1. The van der Waals surface area contributed by atoms with Gasteiger partial charge in [-0.2, -0.15) is 0 Å². The van der Waals surface area contributed by atoms with Crippen molar-refractivity contribution in [2.24, 2.45) is 5.92 Å². The number of ether oxygens (including phenoxy) is 1. The molecule has 1 aliphatic heterocycles. The number of nitrogens with zero attached hydrogens (tertiary/aromatic N) is 1. The predicted octanol–water partition coefficient (Wildman–Crippen LogP) is 3.45. The highest BCUT2D eigenvalue weighted by Gasteiger charge is 2.30. The van der Waals surface area contributed by atoms with E-state index in [0.717, 1.165) is 18.4 Å². The molecular weight excluding hydrogens is 278 g/mol. The molecule has 4 heteroatoms. The number of Topliss-reactive ketones (excluding diaryl/α,β-unsaturated/α-hetero) is 1. The van der Waals surface area contributed by atoms with Crippen LogP contribution in [0.4, 0.5) is 4.79 Å². The number of benzene rings is 1. The summed E-state index contributed by atoms with van der Waals surface area (Å²) in [6.45, 7) is 6.71. The van der Waals surface area contributed by atoms with Gasteiger partial charge in [0.05, 0.1) is 0 Å². The highest BCUT2D eigenvalue weighted by atomic mass is 16.6. The molecule has 0 aliphatic carbocycles. The van der Waals surface area contributed by atoms with Crippen LogP contribution in [0.25, 0.3) is 0 Å². The number of rotatable bonds is 3. The molecule has 22 heavy (non-hydrogen) atoms. The van der Waals surface area contributed by atoms with E-state index in [1.54, 1.807) is 4.90 Å². The Balaban J connectivity index is 1.92. The van der Waals surface area contributed by atoms with Gasteiger partial charge in [-0.1, -0.05) is 30.3 Å². The maximum absolute atomic E-state index is 12.4. The molecule has 0 N–H and O–H groups in total. The van der Waals surface area contributed by atoms with E-state index < -0.39 is 5.60 Å². The minimum absolute atomic E-state index is 0.0820. The number of carbonyl (C=O) groups is 2. The minimum atomic E-state index is -0.502. The summed E-state index contributed by atoms with van der Waals surface area (Å²) in [5, 5.41) is 0. The molecule has 1 heterocycles. The van der Waals surface area contributed by atoms with Gasteiger partial charge in [-0.3, -0.25) is 4.79 Å². The lowest BCUT2D eigenvalue weighted by Crippen LogP contribution is -2.44. The van der Waals surface area contributed by atoms with E-state index >= 15 is 0 Å². The number of ketones is 1. The summed E-state index contributed by atoms with van der Waals surface area (Å²) in [4.78, 5) is 26.2. The zero-order valence-electron chi connectivity index (χ0n) is 13.7. The number of amides is 1. The summed E-state index contributed by atoms with van der Waals surface area (Å²) < 4.78 is 5.40. The third kappa shape index (κ3) is 4.86. The van der Waals surface area contributed by atoms with Gasteiger partial charge in [0.25, 0.3) is 0 Å². The quantitative estimate of drug-likeness (QED) is 0.859. The van der Waals surface area contributed by atoms with Crippen LogP contribution in [0.2, 0.25) is 0 Å². The van der Waals surface area contributed by atoms with Crippen LogP contribution in [-0.4, -0.2) is 35.5 Å². The lowest BCUT2D eigenvalue weighted by Gasteiger charge is -2.33. The first-order chi connectivity index (χ1) is 10.3. The highest BCUT2D eigenvalue weighted by molar-refractivity contribution is 5.84. The predicted molar refractivity (Wildman–Crippen MR) is 85.7 cm³/mol. The normalized spacial score (nSPS) is 18.9. The number of piperidine rings is 1. The van der Waals surface area contributed by atoms with Gasteiger partial charge in [0.2, 0.25) is 0 Å². The van der Waals surface area contributed by atoms with Crippen molar-refractivity contribution < 1.29 is 14.3 Å². The van der Waals surface area contributed by atoms with E-state index in [-0.39, 0.29) is 17.8 Å². The Morgan fingerprint density at radius 2 is 1.91 bits per heavy atom. The molecule has 1 saturated heterocycles. The van der Waals surface area contributed by atoms with E-state index in [1.807, 2.05) is 51.1 Å². The zero-order valence-corrected chi connectivity index (χ0v) is 13.7. The van der Waals surface area contributed by atoms with Gasteiger partial charge in [0.15, 0.2) is 0 Å². The van der Waals surface area contributed by atoms with E-state index in [2.05, 4.69) is 0 Å². The molecule has 1 amide bonds. The summed E-state index contributed by atoms with van der Waals surface area (Å²) >= 11 is 0. The second-order valence-electron chi connectivity index (χ2n) is 6.89. The summed E-state index contributed by atoms with van der Waals surface area (Å²) in [6, 6.07) is 9.75. The molecule has 2 rings (SSSR count). The van der Waals surface area contributed by atoms with E-state index in [4.69, 9.17) is 4.74 Å². The first-order valence-electron chi connectivity index (χ1n) is 7.90. The van der Waals surface area contributed by atoms with Gasteiger partial charge in [-0.15, -0.1) is 0 Å². The average Bonchev–Trinajstić information content (AvgIpc) is 2.46. The van der Waals surface area contributed by atoms with Crippen LogP contribution in [0.5, 0.6) is 0 Å². The Labute approximate surface area is 132 Å². The Morgan fingerprint density at radius 1 is 1.23 bits per heavy atom. The van der Waals surface area contributed by atoms with E-state index in [1.165, 1.54) is 0 Å². The molecule has 1 fully saturated rings. The molecule has 1 aromatic carbocycles. The average molecular weight is 303 g/mol. The van der Waals surface area contributed by atoms with Crippen LogP contribution < -0.4 is 0 Å². The largest absolute Gasteiger partial charge is 0.444 e. The molecule has 0 unspecified atom stereocenters. The van der Waals surface area contributed by atoms with Crippen molar-refractivity contribution in [1.29, 1.82) is 0 Å².